The molecule has 23 heavy (non-hydrogen) atoms. The van der Waals surface area contributed by atoms with Gasteiger partial charge in [0.1, 0.15) is 10.4 Å². The smallest absolute Gasteiger partial charge is 0.245 e. The molecule has 1 atom stereocenters. The Hall–Kier alpha value is -2.17. The first-order chi connectivity index (χ1) is 10.9. The van der Waals surface area contributed by atoms with Gasteiger partial charge in [0.25, 0.3) is 0 Å². The van der Waals surface area contributed by atoms with Crippen LogP contribution in [0.15, 0.2) is 47.6 Å². The van der Waals surface area contributed by atoms with Crippen molar-refractivity contribution in [2.45, 2.75) is 43.7 Å². The summed E-state index contributed by atoms with van der Waals surface area (Å²) in [5.41, 5.74) is -0.116. The molecule has 0 saturated heterocycles. The van der Waals surface area contributed by atoms with Gasteiger partial charge in [-0.2, -0.15) is 15.1 Å². The van der Waals surface area contributed by atoms with Crippen molar-refractivity contribution in [1.82, 2.24) is 14.5 Å². The molecule has 1 aromatic carbocycles. The van der Waals surface area contributed by atoms with E-state index in [1.54, 1.807) is 6.92 Å². The second-order valence-electron chi connectivity index (χ2n) is 5.57. The molecule has 0 spiro atoms. The second kappa shape index (κ2) is 6.94. The zero-order chi connectivity index (χ0) is 16.9. The molecule has 2 aromatic rings. The molecule has 0 fully saturated rings. The first kappa shape index (κ1) is 17.2. The van der Waals surface area contributed by atoms with Crippen LogP contribution in [-0.2, 0) is 23.0 Å². The number of nitrogens with zero attached hydrogens (tertiary/aromatic N) is 3. The summed E-state index contributed by atoms with van der Waals surface area (Å²) in [5, 5.41) is 13.4. The summed E-state index contributed by atoms with van der Waals surface area (Å²) in [6.45, 7) is 4.05. The Morgan fingerprint density at radius 3 is 2.61 bits per heavy atom. The van der Waals surface area contributed by atoms with Crippen molar-refractivity contribution in [3.05, 3.63) is 48.3 Å². The zero-order valence-corrected chi connectivity index (χ0v) is 14.0. The lowest BCUT2D eigenvalue weighted by Crippen LogP contribution is -2.45. The Morgan fingerprint density at radius 1 is 1.35 bits per heavy atom. The van der Waals surface area contributed by atoms with Crippen molar-refractivity contribution >= 4 is 10.0 Å². The summed E-state index contributed by atoms with van der Waals surface area (Å²) < 4.78 is 28.9. The minimum absolute atomic E-state index is 0.0699. The van der Waals surface area contributed by atoms with Crippen molar-refractivity contribution in [1.29, 1.82) is 5.26 Å². The van der Waals surface area contributed by atoms with Crippen LogP contribution < -0.4 is 4.72 Å². The highest BCUT2D eigenvalue weighted by Gasteiger charge is 2.31. The van der Waals surface area contributed by atoms with Crippen LogP contribution in [0.3, 0.4) is 0 Å². The molecule has 0 bridgehead atoms. The molecule has 1 aromatic heterocycles. The lowest BCUT2D eigenvalue weighted by molar-refractivity contribution is 0.477. The highest BCUT2D eigenvalue weighted by atomic mass is 32.2. The molecule has 0 aliphatic heterocycles. The summed E-state index contributed by atoms with van der Waals surface area (Å²) in [4.78, 5) is 0.0699. The lowest BCUT2D eigenvalue weighted by atomic mass is 9.96. The standard InChI is InChI=1S/C16H20N4O2S/c1-3-20-12-15(11-18-20)23(21,22)19-16(2,13-17)10-9-14-7-5-4-6-8-14/h4-8,11-12,19H,3,9-10H2,1-2H3/t16-/m1/s1. The lowest BCUT2D eigenvalue weighted by Gasteiger charge is -2.22. The number of aromatic nitrogens is 2. The molecule has 1 N–H and O–H groups in total. The van der Waals surface area contributed by atoms with E-state index in [0.717, 1.165) is 5.56 Å². The normalized spacial score (nSPS) is 14.1. The number of nitrogens with one attached hydrogen (secondary N) is 1. The van der Waals surface area contributed by atoms with Crippen LogP contribution in [0.4, 0.5) is 0 Å². The Bertz CT molecular complexity index is 793. The molecule has 0 unspecified atom stereocenters. The van der Waals surface area contributed by atoms with Gasteiger partial charge in [-0.25, -0.2) is 8.42 Å². The molecule has 0 aliphatic carbocycles. The van der Waals surface area contributed by atoms with Crippen molar-refractivity contribution in [3.8, 4) is 6.07 Å². The van der Waals surface area contributed by atoms with Gasteiger partial charge < -0.3 is 0 Å². The van der Waals surface area contributed by atoms with Crippen LogP contribution >= 0.6 is 0 Å². The van der Waals surface area contributed by atoms with Crippen molar-refractivity contribution in [3.63, 3.8) is 0 Å². The number of sulfonamides is 1. The fraction of sp³-hybridized carbons (Fsp3) is 0.375. The summed E-state index contributed by atoms with van der Waals surface area (Å²) in [6.07, 6.45) is 3.74. The molecule has 0 aliphatic rings. The van der Waals surface area contributed by atoms with Crippen molar-refractivity contribution in [2.75, 3.05) is 0 Å². The predicted molar refractivity (Wildman–Crippen MR) is 87.0 cm³/mol. The number of aryl methyl sites for hydroxylation is 2. The number of hydrogen-bond donors (Lipinski definition) is 1. The minimum Gasteiger partial charge on any atom is -0.272 e. The van der Waals surface area contributed by atoms with Gasteiger partial charge in [-0.3, -0.25) is 4.68 Å². The first-order valence-corrected chi connectivity index (χ1v) is 8.88. The third-order valence-electron chi connectivity index (χ3n) is 3.61. The number of rotatable bonds is 7. The van der Waals surface area contributed by atoms with Gasteiger partial charge in [-0.05, 0) is 32.3 Å². The highest BCUT2D eigenvalue weighted by Crippen LogP contribution is 2.18. The van der Waals surface area contributed by atoms with Crippen LogP contribution in [0.2, 0.25) is 0 Å². The highest BCUT2D eigenvalue weighted by molar-refractivity contribution is 7.89. The van der Waals surface area contributed by atoms with E-state index in [-0.39, 0.29) is 4.90 Å². The predicted octanol–water partition coefficient (Wildman–Crippen LogP) is 2.10. The van der Waals surface area contributed by atoms with E-state index < -0.39 is 15.6 Å². The molecule has 0 radical (unpaired) electrons. The van der Waals surface area contributed by atoms with Crippen LogP contribution in [0, 0.1) is 11.3 Å². The average Bonchev–Trinajstić information content (AvgIpc) is 3.04. The van der Waals surface area contributed by atoms with Crippen LogP contribution in [-0.4, -0.2) is 23.7 Å². The van der Waals surface area contributed by atoms with E-state index in [0.29, 0.717) is 19.4 Å². The van der Waals surface area contributed by atoms with Gasteiger partial charge in [0.05, 0.1) is 12.3 Å². The Labute approximate surface area is 136 Å². The van der Waals surface area contributed by atoms with E-state index >= 15 is 0 Å². The summed E-state index contributed by atoms with van der Waals surface area (Å²) >= 11 is 0. The minimum atomic E-state index is -3.78. The van der Waals surface area contributed by atoms with E-state index in [1.165, 1.54) is 17.1 Å². The molecule has 0 saturated carbocycles. The van der Waals surface area contributed by atoms with Gasteiger partial charge in [-0.1, -0.05) is 30.3 Å². The SMILES string of the molecule is CCn1cc(S(=O)(=O)N[C@@](C)(C#N)CCc2ccccc2)cn1. The van der Waals surface area contributed by atoms with Crippen LogP contribution in [0.25, 0.3) is 0 Å². The maximum Gasteiger partial charge on any atom is 0.245 e. The van der Waals surface area contributed by atoms with Crippen LogP contribution in [0.5, 0.6) is 0 Å². The van der Waals surface area contributed by atoms with Gasteiger partial charge in [0, 0.05) is 12.7 Å². The van der Waals surface area contributed by atoms with Crippen molar-refractivity contribution in [2.24, 2.45) is 0 Å². The van der Waals surface area contributed by atoms with E-state index in [2.05, 4.69) is 15.9 Å². The van der Waals surface area contributed by atoms with Gasteiger partial charge >= 0.3 is 0 Å². The molecule has 0 amide bonds. The molecule has 1 heterocycles. The van der Waals surface area contributed by atoms with E-state index in [4.69, 9.17) is 0 Å². The Kier molecular flexibility index (Phi) is 5.19. The topological polar surface area (TPSA) is 87.8 Å². The average molecular weight is 332 g/mol. The summed E-state index contributed by atoms with van der Waals surface area (Å²) in [5.74, 6) is 0. The maximum atomic E-state index is 12.4. The molecular formula is C16H20N4O2S. The van der Waals surface area contributed by atoms with Gasteiger partial charge in [-0.15, -0.1) is 0 Å². The number of benzene rings is 1. The fourth-order valence-electron chi connectivity index (χ4n) is 2.18. The van der Waals surface area contributed by atoms with E-state index in [1.807, 2.05) is 37.3 Å². The molecule has 7 heteroatoms. The van der Waals surface area contributed by atoms with E-state index in [9.17, 15) is 13.7 Å². The summed E-state index contributed by atoms with van der Waals surface area (Å²) in [7, 11) is -3.78. The molecule has 2 rings (SSSR count). The molecule has 122 valence electrons. The Balaban J connectivity index is 2.12. The number of nitriles is 1. The van der Waals surface area contributed by atoms with Crippen molar-refractivity contribution < 1.29 is 8.42 Å². The monoisotopic (exact) mass is 332 g/mol. The fourth-order valence-corrected chi connectivity index (χ4v) is 3.49. The third-order valence-corrected chi connectivity index (χ3v) is 5.16. The largest absolute Gasteiger partial charge is 0.272 e. The first-order valence-electron chi connectivity index (χ1n) is 7.40. The van der Waals surface area contributed by atoms with Crippen LogP contribution in [0.1, 0.15) is 25.8 Å². The Morgan fingerprint density at radius 2 is 2.04 bits per heavy atom. The third kappa shape index (κ3) is 4.41. The second-order valence-corrected chi connectivity index (χ2v) is 7.25. The zero-order valence-electron chi connectivity index (χ0n) is 13.2. The number of hydrogen-bond acceptors (Lipinski definition) is 4. The quantitative estimate of drug-likeness (QED) is 0.841. The molecular weight excluding hydrogens is 312 g/mol. The summed E-state index contributed by atoms with van der Waals surface area (Å²) in [6, 6.07) is 11.7. The van der Waals surface area contributed by atoms with Gasteiger partial charge in [0.15, 0.2) is 0 Å². The maximum absolute atomic E-state index is 12.4. The van der Waals surface area contributed by atoms with Gasteiger partial charge in [0.2, 0.25) is 10.0 Å². The molecule has 6 nitrogen and oxygen atoms in total.